The van der Waals surface area contributed by atoms with Gasteiger partial charge in [0.1, 0.15) is 0 Å². The van der Waals surface area contributed by atoms with E-state index >= 15 is 0 Å². The molecule has 0 aliphatic heterocycles. The van der Waals surface area contributed by atoms with E-state index in [1.165, 1.54) is 0 Å². The molecule has 1 unspecified atom stereocenters. The molecule has 1 atom stereocenters. The summed E-state index contributed by atoms with van der Waals surface area (Å²) in [4.78, 5) is 11.5. The summed E-state index contributed by atoms with van der Waals surface area (Å²) in [6.07, 6.45) is 1.86. The summed E-state index contributed by atoms with van der Waals surface area (Å²) in [6, 6.07) is 5.43. The van der Waals surface area contributed by atoms with Crippen molar-refractivity contribution in [3.63, 3.8) is 0 Å². The number of hydrogen-bond acceptors (Lipinski definition) is 2. The van der Waals surface area contributed by atoms with E-state index in [2.05, 4.69) is 5.32 Å². The predicted molar refractivity (Wildman–Crippen MR) is 76.1 cm³/mol. The summed E-state index contributed by atoms with van der Waals surface area (Å²) in [7, 11) is 0. The third kappa shape index (κ3) is 5.71. The Labute approximate surface area is 118 Å². The molecule has 0 aliphatic rings. The van der Waals surface area contributed by atoms with Gasteiger partial charge in [0, 0.05) is 29.1 Å². The molecule has 0 saturated heterocycles. The van der Waals surface area contributed by atoms with Crippen LogP contribution < -0.4 is 11.1 Å². The van der Waals surface area contributed by atoms with Crippen molar-refractivity contribution >= 4 is 29.1 Å². The van der Waals surface area contributed by atoms with Crippen molar-refractivity contribution in [1.82, 2.24) is 5.32 Å². The molecule has 0 heterocycles. The number of hydrogen-bond donors (Lipinski definition) is 2. The molecule has 1 aromatic carbocycles. The van der Waals surface area contributed by atoms with Gasteiger partial charge in [-0.05, 0) is 37.5 Å². The first-order chi connectivity index (χ1) is 8.49. The van der Waals surface area contributed by atoms with Gasteiger partial charge in [0.25, 0.3) is 0 Å². The van der Waals surface area contributed by atoms with Crippen LogP contribution in [-0.4, -0.2) is 18.5 Å². The molecule has 1 amide bonds. The van der Waals surface area contributed by atoms with Gasteiger partial charge in [-0.15, -0.1) is 0 Å². The first-order valence-corrected chi connectivity index (χ1v) is 6.71. The second kappa shape index (κ2) is 7.62. The largest absolute Gasteiger partial charge is 0.356 e. The van der Waals surface area contributed by atoms with Gasteiger partial charge >= 0.3 is 0 Å². The fourth-order valence-electron chi connectivity index (χ4n) is 1.51. The molecule has 0 aliphatic carbocycles. The lowest BCUT2D eigenvalue weighted by molar-refractivity contribution is -0.121. The van der Waals surface area contributed by atoms with Crippen molar-refractivity contribution in [1.29, 1.82) is 0 Å². The smallest absolute Gasteiger partial charge is 0.220 e. The third-order valence-corrected chi connectivity index (χ3v) is 3.15. The van der Waals surface area contributed by atoms with Crippen molar-refractivity contribution < 1.29 is 4.79 Å². The van der Waals surface area contributed by atoms with E-state index in [1.807, 2.05) is 13.0 Å². The average Bonchev–Trinajstić information content (AvgIpc) is 2.29. The van der Waals surface area contributed by atoms with Crippen LogP contribution in [0.15, 0.2) is 18.2 Å². The first-order valence-electron chi connectivity index (χ1n) is 5.95. The Morgan fingerprint density at radius 1 is 1.44 bits per heavy atom. The van der Waals surface area contributed by atoms with Gasteiger partial charge in [0.05, 0.1) is 0 Å². The van der Waals surface area contributed by atoms with Gasteiger partial charge in [0.2, 0.25) is 5.91 Å². The van der Waals surface area contributed by atoms with Crippen molar-refractivity contribution in [2.24, 2.45) is 5.73 Å². The highest BCUT2D eigenvalue weighted by atomic mass is 35.5. The van der Waals surface area contributed by atoms with E-state index in [-0.39, 0.29) is 11.9 Å². The highest BCUT2D eigenvalue weighted by Gasteiger charge is 2.04. The van der Waals surface area contributed by atoms with Gasteiger partial charge in [-0.3, -0.25) is 4.79 Å². The molecule has 5 heteroatoms. The van der Waals surface area contributed by atoms with Crippen LogP contribution in [-0.2, 0) is 11.2 Å². The number of benzene rings is 1. The van der Waals surface area contributed by atoms with Crippen molar-refractivity contribution in [3.05, 3.63) is 33.8 Å². The number of carbonyl (C=O) groups excluding carboxylic acids is 1. The number of rotatable bonds is 6. The molecule has 0 spiro atoms. The SMILES string of the molecule is CC(N)CCC(=O)NCCc1ccc(Cl)cc1Cl. The maximum Gasteiger partial charge on any atom is 0.220 e. The lowest BCUT2D eigenvalue weighted by Crippen LogP contribution is -2.27. The minimum atomic E-state index is 0.0254. The molecule has 100 valence electrons. The molecular formula is C13H18Cl2N2O. The standard InChI is InChI=1S/C13H18Cl2N2O/c1-9(16)2-5-13(18)17-7-6-10-3-4-11(14)8-12(10)15/h3-4,8-9H,2,5-7,16H2,1H3,(H,17,18). The summed E-state index contributed by atoms with van der Waals surface area (Å²) in [5.41, 5.74) is 6.56. The zero-order valence-electron chi connectivity index (χ0n) is 10.4. The molecule has 0 fully saturated rings. The van der Waals surface area contributed by atoms with Crippen LogP contribution >= 0.6 is 23.2 Å². The number of amides is 1. The highest BCUT2D eigenvalue weighted by Crippen LogP contribution is 2.20. The van der Waals surface area contributed by atoms with Gasteiger partial charge in [-0.2, -0.15) is 0 Å². The minimum Gasteiger partial charge on any atom is -0.356 e. The number of nitrogens with two attached hydrogens (primary N) is 1. The van der Waals surface area contributed by atoms with Crippen LogP contribution in [0.1, 0.15) is 25.3 Å². The maximum absolute atomic E-state index is 11.5. The Morgan fingerprint density at radius 2 is 2.17 bits per heavy atom. The zero-order chi connectivity index (χ0) is 13.5. The Balaban J connectivity index is 2.31. The Kier molecular flexibility index (Phi) is 6.47. The van der Waals surface area contributed by atoms with E-state index < -0.39 is 0 Å². The van der Waals surface area contributed by atoms with Crippen LogP contribution in [0.4, 0.5) is 0 Å². The van der Waals surface area contributed by atoms with Crippen molar-refractivity contribution in [2.75, 3.05) is 6.54 Å². The number of nitrogens with one attached hydrogen (secondary N) is 1. The van der Waals surface area contributed by atoms with Crippen molar-refractivity contribution in [2.45, 2.75) is 32.2 Å². The monoisotopic (exact) mass is 288 g/mol. The summed E-state index contributed by atoms with van der Waals surface area (Å²) in [5, 5.41) is 4.09. The Morgan fingerprint density at radius 3 is 2.78 bits per heavy atom. The average molecular weight is 289 g/mol. The molecular weight excluding hydrogens is 271 g/mol. The van der Waals surface area contributed by atoms with Crippen molar-refractivity contribution in [3.8, 4) is 0 Å². The summed E-state index contributed by atoms with van der Waals surface area (Å²) >= 11 is 11.8. The molecule has 18 heavy (non-hydrogen) atoms. The fraction of sp³-hybridized carbons (Fsp3) is 0.462. The minimum absolute atomic E-state index is 0.0254. The first kappa shape index (κ1) is 15.3. The fourth-order valence-corrected chi connectivity index (χ4v) is 2.01. The van der Waals surface area contributed by atoms with Crippen LogP contribution in [0.3, 0.4) is 0 Å². The second-order valence-electron chi connectivity index (χ2n) is 4.35. The van der Waals surface area contributed by atoms with Crippen LogP contribution in [0.2, 0.25) is 10.0 Å². The normalized spacial score (nSPS) is 12.2. The number of halogens is 2. The van der Waals surface area contributed by atoms with Crippen LogP contribution in [0.25, 0.3) is 0 Å². The van der Waals surface area contributed by atoms with Gasteiger partial charge in [-0.1, -0.05) is 29.3 Å². The van der Waals surface area contributed by atoms with E-state index in [0.717, 1.165) is 5.56 Å². The molecule has 0 aromatic heterocycles. The molecule has 0 radical (unpaired) electrons. The summed E-state index contributed by atoms with van der Waals surface area (Å²) < 4.78 is 0. The van der Waals surface area contributed by atoms with E-state index in [4.69, 9.17) is 28.9 Å². The molecule has 1 aromatic rings. The third-order valence-electron chi connectivity index (χ3n) is 2.56. The molecule has 0 saturated carbocycles. The zero-order valence-corrected chi connectivity index (χ0v) is 11.9. The molecule has 3 nitrogen and oxygen atoms in total. The van der Waals surface area contributed by atoms with Gasteiger partial charge in [-0.25, -0.2) is 0 Å². The quantitative estimate of drug-likeness (QED) is 0.846. The van der Waals surface area contributed by atoms with Gasteiger partial charge in [0.15, 0.2) is 0 Å². The second-order valence-corrected chi connectivity index (χ2v) is 5.20. The van der Waals surface area contributed by atoms with Gasteiger partial charge < -0.3 is 11.1 Å². The Bertz CT molecular complexity index is 408. The molecule has 1 rings (SSSR count). The predicted octanol–water partition coefficient (Wildman–Crippen LogP) is 2.78. The number of carbonyl (C=O) groups is 1. The molecule has 0 bridgehead atoms. The van der Waals surface area contributed by atoms with Crippen LogP contribution in [0, 0.1) is 0 Å². The molecule has 3 N–H and O–H groups in total. The van der Waals surface area contributed by atoms with E-state index in [1.54, 1.807) is 12.1 Å². The Hall–Kier alpha value is -0.770. The topological polar surface area (TPSA) is 55.1 Å². The maximum atomic E-state index is 11.5. The van der Waals surface area contributed by atoms with E-state index in [0.29, 0.717) is 35.9 Å². The lowest BCUT2D eigenvalue weighted by Gasteiger charge is -2.08. The summed E-state index contributed by atoms with van der Waals surface area (Å²) in [6.45, 7) is 2.46. The summed E-state index contributed by atoms with van der Waals surface area (Å²) in [5.74, 6) is 0.0254. The lowest BCUT2D eigenvalue weighted by atomic mass is 10.1. The van der Waals surface area contributed by atoms with E-state index in [9.17, 15) is 4.79 Å². The van der Waals surface area contributed by atoms with Crippen LogP contribution in [0.5, 0.6) is 0 Å². The highest BCUT2D eigenvalue weighted by molar-refractivity contribution is 6.35.